The van der Waals surface area contributed by atoms with Crippen molar-refractivity contribution in [2.75, 3.05) is 6.54 Å². The van der Waals surface area contributed by atoms with Crippen molar-refractivity contribution in [2.24, 2.45) is 0 Å². The van der Waals surface area contributed by atoms with Gasteiger partial charge in [-0.3, -0.25) is 0 Å². The largest absolute Gasteiger partial charge is 0.485 e. The predicted octanol–water partition coefficient (Wildman–Crippen LogP) is 2.71. The maximum Gasteiger partial charge on any atom is 0.213 e. The lowest BCUT2D eigenvalue weighted by atomic mass is 10.1. The van der Waals surface area contributed by atoms with Gasteiger partial charge in [0.05, 0.1) is 0 Å². The first kappa shape index (κ1) is 13.5. The van der Waals surface area contributed by atoms with Gasteiger partial charge < -0.3 is 14.6 Å². The van der Waals surface area contributed by atoms with Gasteiger partial charge in [0.1, 0.15) is 5.75 Å². The molecule has 0 aliphatic rings. The Balaban J connectivity index is 2.03. The van der Waals surface area contributed by atoms with Gasteiger partial charge in [0.15, 0.2) is 6.61 Å². The molecule has 5 nitrogen and oxygen atoms in total. The van der Waals surface area contributed by atoms with Crippen molar-refractivity contribution >= 4 is 0 Å². The van der Waals surface area contributed by atoms with Crippen molar-refractivity contribution in [3.63, 3.8) is 0 Å². The van der Waals surface area contributed by atoms with Crippen molar-refractivity contribution in [3.8, 4) is 5.75 Å². The Labute approximate surface area is 113 Å². The molecule has 1 N–H and O–H groups in total. The standard InChI is InChI=1S/C14H19N3O2/c1-3-8-15-11(2)12-6-4-5-7-13(12)18-9-14-16-10-19-17-14/h4-7,10-11,15H,3,8-9H2,1-2H3. The molecule has 1 aromatic carbocycles. The summed E-state index contributed by atoms with van der Waals surface area (Å²) in [4.78, 5) is 3.94. The Morgan fingerprint density at radius 2 is 2.21 bits per heavy atom. The van der Waals surface area contributed by atoms with Crippen LogP contribution in [0.15, 0.2) is 35.2 Å². The molecule has 5 heteroatoms. The molecule has 1 atom stereocenters. The zero-order valence-corrected chi connectivity index (χ0v) is 11.3. The number of rotatable bonds is 7. The first-order valence-corrected chi connectivity index (χ1v) is 6.51. The smallest absolute Gasteiger partial charge is 0.213 e. The van der Waals surface area contributed by atoms with E-state index in [2.05, 4.69) is 39.9 Å². The summed E-state index contributed by atoms with van der Waals surface area (Å²) >= 11 is 0. The van der Waals surface area contributed by atoms with Gasteiger partial charge in [0.25, 0.3) is 0 Å². The van der Waals surface area contributed by atoms with Gasteiger partial charge in [0, 0.05) is 11.6 Å². The van der Waals surface area contributed by atoms with E-state index < -0.39 is 0 Å². The van der Waals surface area contributed by atoms with Crippen LogP contribution < -0.4 is 10.1 Å². The number of benzene rings is 1. The summed E-state index contributed by atoms with van der Waals surface area (Å²) in [5.74, 6) is 1.40. The fourth-order valence-electron chi connectivity index (χ4n) is 1.84. The van der Waals surface area contributed by atoms with E-state index in [1.807, 2.05) is 18.2 Å². The fraction of sp³-hybridized carbons (Fsp3) is 0.429. The van der Waals surface area contributed by atoms with Gasteiger partial charge in [-0.05, 0) is 26.0 Å². The van der Waals surface area contributed by atoms with Gasteiger partial charge in [-0.15, -0.1) is 0 Å². The van der Waals surface area contributed by atoms with Gasteiger partial charge in [-0.1, -0.05) is 30.3 Å². The molecule has 102 valence electrons. The minimum Gasteiger partial charge on any atom is -0.485 e. The highest BCUT2D eigenvalue weighted by molar-refractivity contribution is 5.35. The molecule has 0 bridgehead atoms. The van der Waals surface area contributed by atoms with Crippen LogP contribution in [0, 0.1) is 0 Å². The zero-order chi connectivity index (χ0) is 13.5. The molecule has 0 saturated heterocycles. The highest BCUT2D eigenvalue weighted by Crippen LogP contribution is 2.25. The van der Waals surface area contributed by atoms with Gasteiger partial charge in [-0.2, -0.15) is 4.98 Å². The number of nitrogens with zero attached hydrogens (tertiary/aromatic N) is 2. The normalized spacial score (nSPS) is 12.3. The Morgan fingerprint density at radius 3 is 2.95 bits per heavy atom. The molecule has 0 saturated carbocycles. The van der Waals surface area contributed by atoms with Crippen molar-refractivity contribution in [1.82, 2.24) is 15.5 Å². The van der Waals surface area contributed by atoms with Crippen LogP contribution >= 0.6 is 0 Å². The molecule has 1 aromatic heterocycles. The first-order valence-electron chi connectivity index (χ1n) is 6.51. The summed E-state index contributed by atoms with van der Waals surface area (Å²) < 4.78 is 10.4. The highest BCUT2D eigenvalue weighted by atomic mass is 16.5. The van der Waals surface area contributed by atoms with Crippen LogP contribution in [0.3, 0.4) is 0 Å². The number of nitrogens with one attached hydrogen (secondary N) is 1. The summed E-state index contributed by atoms with van der Waals surface area (Å²) in [5.41, 5.74) is 1.14. The third-order valence-corrected chi connectivity index (χ3v) is 2.85. The van der Waals surface area contributed by atoms with E-state index in [1.54, 1.807) is 0 Å². The van der Waals surface area contributed by atoms with Crippen molar-refractivity contribution in [3.05, 3.63) is 42.0 Å². The third kappa shape index (κ3) is 3.79. The molecule has 0 amide bonds. The quantitative estimate of drug-likeness (QED) is 0.830. The van der Waals surface area contributed by atoms with Crippen LogP contribution in [0.1, 0.15) is 37.7 Å². The lowest BCUT2D eigenvalue weighted by molar-refractivity contribution is 0.281. The predicted molar refractivity (Wildman–Crippen MR) is 71.8 cm³/mol. The Hall–Kier alpha value is -1.88. The van der Waals surface area contributed by atoms with E-state index in [-0.39, 0.29) is 6.04 Å². The topological polar surface area (TPSA) is 60.2 Å². The minimum atomic E-state index is 0.251. The van der Waals surface area contributed by atoms with E-state index >= 15 is 0 Å². The van der Waals surface area contributed by atoms with Crippen molar-refractivity contribution in [1.29, 1.82) is 0 Å². The first-order chi connectivity index (χ1) is 9.31. The molecule has 19 heavy (non-hydrogen) atoms. The Kier molecular flexibility index (Phi) is 4.92. The van der Waals surface area contributed by atoms with Crippen LogP contribution in [0.4, 0.5) is 0 Å². The van der Waals surface area contributed by atoms with Crippen LogP contribution in [0.5, 0.6) is 5.75 Å². The molecule has 1 heterocycles. The Morgan fingerprint density at radius 1 is 1.37 bits per heavy atom. The highest BCUT2D eigenvalue weighted by Gasteiger charge is 2.11. The molecular formula is C14H19N3O2. The van der Waals surface area contributed by atoms with Crippen LogP contribution in [0.2, 0.25) is 0 Å². The molecule has 0 aliphatic carbocycles. The van der Waals surface area contributed by atoms with Crippen molar-refractivity contribution < 1.29 is 9.26 Å². The lowest BCUT2D eigenvalue weighted by Gasteiger charge is -2.17. The molecule has 0 spiro atoms. The maximum absolute atomic E-state index is 5.76. The second-order valence-electron chi connectivity index (χ2n) is 4.35. The summed E-state index contributed by atoms with van der Waals surface area (Å²) in [6.07, 6.45) is 2.41. The summed E-state index contributed by atoms with van der Waals surface area (Å²) in [6.45, 7) is 5.58. The summed E-state index contributed by atoms with van der Waals surface area (Å²) in [5, 5.41) is 7.18. The molecule has 0 radical (unpaired) electrons. The molecule has 0 fully saturated rings. The van der Waals surface area contributed by atoms with Crippen molar-refractivity contribution in [2.45, 2.75) is 32.9 Å². The van der Waals surface area contributed by atoms with E-state index in [0.717, 1.165) is 24.3 Å². The number of para-hydroxylation sites is 1. The average molecular weight is 261 g/mol. The molecule has 1 unspecified atom stereocenters. The lowest BCUT2D eigenvalue weighted by Crippen LogP contribution is -2.20. The number of ether oxygens (including phenoxy) is 1. The number of hydrogen-bond acceptors (Lipinski definition) is 5. The van der Waals surface area contributed by atoms with Gasteiger partial charge in [-0.25, -0.2) is 0 Å². The SMILES string of the molecule is CCCNC(C)c1ccccc1OCc1ncon1. The summed E-state index contributed by atoms with van der Waals surface area (Å²) in [7, 11) is 0. The zero-order valence-electron chi connectivity index (χ0n) is 11.3. The fourth-order valence-corrected chi connectivity index (χ4v) is 1.84. The monoisotopic (exact) mass is 261 g/mol. The average Bonchev–Trinajstić information content (AvgIpc) is 2.96. The van der Waals surface area contributed by atoms with E-state index in [4.69, 9.17) is 4.74 Å². The third-order valence-electron chi connectivity index (χ3n) is 2.85. The second-order valence-corrected chi connectivity index (χ2v) is 4.35. The van der Waals surface area contributed by atoms with Crippen LogP contribution in [0.25, 0.3) is 0 Å². The van der Waals surface area contributed by atoms with Crippen LogP contribution in [-0.2, 0) is 6.61 Å². The molecular weight excluding hydrogens is 242 g/mol. The van der Waals surface area contributed by atoms with E-state index in [1.165, 1.54) is 6.39 Å². The van der Waals surface area contributed by atoms with Crippen LogP contribution in [-0.4, -0.2) is 16.7 Å². The number of hydrogen-bond donors (Lipinski definition) is 1. The molecule has 2 aromatic rings. The molecule has 2 rings (SSSR count). The Bertz CT molecular complexity index is 485. The van der Waals surface area contributed by atoms with Gasteiger partial charge >= 0.3 is 0 Å². The van der Waals surface area contributed by atoms with Gasteiger partial charge in [0.2, 0.25) is 12.2 Å². The maximum atomic E-state index is 5.76. The molecule has 0 aliphatic heterocycles. The second kappa shape index (κ2) is 6.89. The number of aromatic nitrogens is 2. The van der Waals surface area contributed by atoms with E-state index in [0.29, 0.717) is 12.4 Å². The minimum absolute atomic E-state index is 0.251. The summed E-state index contributed by atoms with van der Waals surface area (Å²) in [6, 6.07) is 8.25. The van der Waals surface area contributed by atoms with E-state index in [9.17, 15) is 0 Å².